The van der Waals surface area contributed by atoms with Crippen LogP contribution in [0.15, 0.2) is 12.3 Å². The molecule has 3 N–H and O–H groups in total. The van der Waals surface area contributed by atoms with Crippen molar-refractivity contribution in [2.45, 2.75) is 25.7 Å². The summed E-state index contributed by atoms with van der Waals surface area (Å²) >= 11 is 0. The summed E-state index contributed by atoms with van der Waals surface area (Å²) in [5.41, 5.74) is 6.77. The summed E-state index contributed by atoms with van der Waals surface area (Å²) in [5, 5.41) is 0. The number of anilines is 1. The standard InChI is InChI=1S/C12H19N3O/c1-15(8-9-4-2-3-5-9)12(16)11-6-10(13)7-14-11/h6-7,9,14H,2-5,8,13H2,1H3. The summed E-state index contributed by atoms with van der Waals surface area (Å²) in [7, 11) is 1.86. The summed E-state index contributed by atoms with van der Waals surface area (Å²) in [6.07, 6.45) is 6.77. The molecule has 0 unspecified atom stereocenters. The number of hydrogen-bond acceptors (Lipinski definition) is 2. The molecule has 0 spiro atoms. The van der Waals surface area contributed by atoms with E-state index in [1.807, 2.05) is 7.05 Å². The van der Waals surface area contributed by atoms with Crippen LogP contribution in [0, 0.1) is 5.92 Å². The second kappa shape index (κ2) is 4.60. The van der Waals surface area contributed by atoms with Gasteiger partial charge in [0.2, 0.25) is 0 Å². The van der Waals surface area contributed by atoms with Crippen LogP contribution in [0.4, 0.5) is 5.69 Å². The molecule has 0 aromatic carbocycles. The zero-order valence-electron chi connectivity index (χ0n) is 9.70. The number of nitrogen functional groups attached to an aromatic ring is 1. The van der Waals surface area contributed by atoms with Crippen molar-refractivity contribution < 1.29 is 4.79 Å². The van der Waals surface area contributed by atoms with Gasteiger partial charge < -0.3 is 15.6 Å². The number of H-pyrrole nitrogens is 1. The highest BCUT2D eigenvalue weighted by Crippen LogP contribution is 2.25. The summed E-state index contributed by atoms with van der Waals surface area (Å²) in [6.45, 7) is 0.859. The molecule has 4 nitrogen and oxygen atoms in total. The number of carbonyl (C=O) groups is 1. The Labute approximate surface area is 95.8 Å². The molecule has 0 radical (unpaired) electrons. The van der Waals surface area contributed by atoms with Crippen molar-refractivity contribution in [3.63, 3.8) is 0 Å². The Morgan fingerprint density at radius 2 is 2.25 bits per heavy atom. The minimum atomic E-state index is 0.0311. The van der Waals surface area contributed by atoms with E-state index in [2.05, 4.69) is 4.98 Å². The minimum absolute atomic E-state index is 0.0311. The average molecular weight is 221 g/mol. The maximum Gasteiger partial charge on any atom is 0.270 e. The van der Waals surface area contributed by atoms with Gasteiger partial charge >= 0.3 is 0 Å². The van der Waals surface area contributed by atoms with Crippen molar-refractivity contribution in [1.29, 1.82) is 0 Å². The predicted octanol–water partition coefficient (Wildman–Crippen LogP) is 1.86. The van der Waals surface area contributed by atoms with Crippen LogP contribution in [0.1, 0.15) is 36.2 Å². The van der Waals surface area contributed by atoms with Crippen LogP contribution in [0.25, 0.3) is 0 Å². The molecule has 0 atom stereocenters. The Hall–Kier alpha value is -1.45. The number of nitrogens with zero attached hydrogens (tertiary/aromatic N) is 1. The van der Waals surface area contributed by atoms with Crippen LogP contribution >= 0.6 is 0 Å². The molecule has 1 amide bonds. The fourth-order valence-electron chi connectivity index (χ4n) is 2.40. The van der Waals surface area contributed by atoms with E-state index >= 15 is 0 Å². The molecule has 1 saturated carbocycles. The summed E-state index contributed by atoms with van der Waals surface area (Å²) in [5.74, 6) is 0.713. The molecular weight excluding hydrogens is 202 g/mol. The van der Waals surface area contributed by atoms with Crippen LogP contribution in [0.2, 0.25) is 0 Å². The van der Waals surface area contributed by atoms with Gasteiger partial charge in [-0.05, 0) is 24.8 Å². The van der Waals surface area contributed by atoms with Crippen LogP contribution in [-0.2, 0) is 0 Å². The second-order valence-electron chi connectivity index (χ2n) is 4.68. The Balaban J connectivity index is 1.93. The van der Waals surface area contributed by atoms with Crippen LogP contribution < -0.4 is 5.73 Å². The molecule has 0 bridgehead atoms. The van der Waals surface area contributed by atoms with Crippen molar-refractivity contribution in [2.75, 3.05) is 19.3 Å². The number of aromatic nitrogens is 1. The third-order valence-electron chi connectivity index (χ3n) is 3.29. The summed E-state index contributed by atoms with van der Waals surface area (Å²) in [4.78, 5) is 16.7. The fourth-order valence-corrected chi connectivity index (χ4v) is 2.40. The third kappa shape index (κ3) is 2.38. The maximum atomic E-state index is 12.0. The number of hydrogen-bond donors (Lipinski definition) is 2. The van der Waals surface area contributed by atoms with Crippen molar-refractivity contribution in [2.24, 2.45) is 5.92 Å². The maximum absolute atomic E-state index is 12.0. The molecule has 1 heterocycles. The number of nitrogens with one attached hydrogen (secondary N) is 1. The Kier molecular flexibility index (Phi) is 3.17. The van der Waals surface area contributed by atoms with Gasteiger partial charge in [-0.15, -0.1) is 0 Å². The minimum Gasteiger partial charge on any atom is -0.397 e. The molecule has 88 valence electrons. The van der Waals surface area contributed by atoms with Crippen molar-refractivity contribution in [1.82, 2.24) is 9.88 Å². The van der Waals surface area contributed by atoms with E-state index in [-0.39, 0.29) is 5.91 Å². The first kappa shape index (κ1) is 11.0. The molecule has 2 rings (SSSR count). The lowest BCUT2D eigenvalue weighted by Gasteiger charge is -2.20. The van der Waals surface area contributed by atoms with Gasteiger partial charge in [-0.3, -0.25) is 4.79 Å². The van der Waals surface area contributed by atoms with E-state index in [1.165, 1.54) is 25.7 Å². The van der Waals surface area contributed by atoms with Gasteiger partial charge in [-0.25, -0.2) is 0 Å². The molecule has 1 aromatic rings. The molecule has 0 aliphatic heterocycles. The first-order chi connectivity index (χ1) is 7.66. The quantitative estimate of drug-likeness (QED) is 0.818. The molecular formula is C12H19N3O. The first-order valence-electron chi connectivity index (χ1n) is 5.86. The van der Waals surface area contributed by atoms with Gasteiger partial charge in [0.05, 0.1) is 0 Å². The van der Waals surface area contributed by atoms with Crippen molar-refractivity contribution in [3.8, 4) is 0 Å². The monoisotopic (exact) mass is 221 g/mol. The highest BCUT2D eigenvalue weighted by Gasteiger charge is 2.20. The number of carbonyl (C=O) groups excluding carboxylic acids is 1. The van der Waals surface area contributed by atoms with Crippen LogP contribution in [0.5, 0.6) is 0 Å². The molecule has 0 saturated heterocycles. The third-order valence-corrected chi connectivity index (χ3v) is 3.29. The van der Waals surface area contributed by atoms with E-state index in [1.54, 1.807) is 17.2 Å². The fraction of sp³-hybridized carbons (Fsp3) is 0.583. The van der Waals surface area contributed by atoms with E-state index in [0.29, 0.717) is 17.3 Å². The van der Waals surface area contributed by atoms with Crippen molar-refractivity contribution >= 4 is 11.6 Å². The van der Waals surface area contributed by atoms with E-state index in [4.69, 9.17) is 5.73 Å². The van der Waals surface area contributed by atoms with Gasteiger partial charge in [0.15, 0.2) is 0 Å². The second-order valence-corrected chi connectivity index (χ2v) is 4.68. The molecule has 1 aliphatic rings. The predicted molar refractivity (Wildman–Crippen MR) is 64.1 cm³/mol. The normalized spacial score (nSPS) is 16.6. The Morgan fingerprint density at radius 1 is 1.56 bits per heavy atom. The zero-order chi connectivity index (χ0) is 11.5. The number of aromatic amines is 1. The average Bonchev–Trinajstić information content (AvgIpc) is 2.88. The summed E-state index contributed by atoms with van der Waals surface area (Å²) < 4.78 is 0. The summed E-state index contributed by atoms with van der Waals surface area (Å²) in [6, 6.07) is 1.69. The number of nitrogens with two attached hydrogens (primary N) is 1. The van der Waals surface area contributed by atoms with Gasteiger partial charge in [0, 0.05) is 25.5 Å². The van der Waals surface area contributed by atoms with E-state index in [0.717, 1.165) is 6.54 Å². The van der Waals surface area contributed by atoms with Gasteiger partial charge in [-0.1, -0.05) is 12.8 Å². The molecule has 4 heteroatoms. The Bertz CT molecular complexity index is 366. The molecule has 1 aliphatic carbocycles. The highest BCUT2D eigenvalue weighted by molar-refractivity contribution is 5.93. The zero-order valence-corrected chi connectivity index (χ0v) is 9.70. The molecule has 16 heavy (non-hydrogen) atoms. The lowest BCUT2D eigenvalue weighted by Crippen LogP contribution is -2.31. The lowest BCUT2D eigenvalue weighted by molar-refractivity contribution is 0.0768. The lowest BCUT2D eigenvalue weighted by atomic mass is 10.1. The van der Waals surface area contributed by atoms with Crippen molar-refractivity contribution in [3.05, 3.63) is 18.0 Å². The molecule has 1 aromatic heterocycles. The largest absolute Gasteiger partial charge is 0.397 e. The van der Waals surface area contributed by atoms with Gasteiger partial charge in [0.1, 0.15) is 5.69 Å². The topological polar surface area (TPSA) is 62.1 Å². The smallest absolute Gasteiger partial charge is 0.270 e. The van der Waals surface area contributed by atoms with Crippen LogP contribution in [0.3, 0.4) is 0 Å². The first-order valence-corrected chi connectivity index (χ1v) is 5.86. The Morgan fingerprint density at radius 3 is 2.81 bits per heavy atom. The molecule has 1 fully saturated rings. The van der Waals surface area contributed by atoms with E-state index in [9.17, 15) is 4.79 Å². The van der Waals surface area contributed by atoms with Crippen LogP contribution in [-0.4, -0.2) is 29.4 Å². The number of amides is 1. The van der Waals surface area contributed by atoms with Gasteiger partial charge in [-0.2, -0.15) is 0 Å². The SMILES string of the molecule is CN(CC1CCCC1)C(=O)c1cc(N)c[nH]1. The van der Waals surface area contributed by atoms with E-state index < -0.39 is 0 Å². The van der Waals surface area contributed by atoms with Gasteiger partial charge in [0.25, 0.3) is 5.91 Å². The highest BCUT2D eigenvalue weighted by atomic mass is 16.2. The number of rotatable bonds is 3.